The average Bonchev–Trinajstić information content (AvgIpc) is 3.50. The van der Waals surface area contributed by atoms with Gasteiger partial charge in [-0.1, -0.05) is 48.0 Å². The molecular weight excluding hydrogens is 758 g/mol. The van der Waals surface area contributed by atoms with Gasteiger partial charge in [0.15, 0.2) is 0 Å². The van der Waals surface area contributed by atoms with Crippen molar-refractivity contribution >= 4 is 51.1 Å². The molecule has 2 aliphatic heterocycles. The number of hydrogen-bond acceptors (Lipinski definition) is 9. The number of fused-ring (bicyclic) bond motifs is 3. The molecule has 2 aromatic heterocycles. The van der Waals surface area contributed by atoms with Crippen LogP contribution >= 0.6 is 11.6 Å². The van der Waals surface area contributed by atoms with Crippen LogP contribution in [0.15, 0.2) is 77.9 Å². The molecule has 0 radical (unpaired) electrons. The summed E-state index contributed by atoms with van der Waals surface area (Å²) in [5.74, 6) is -0.0866. The van der Waals surface area contributed by atoms with E-state index in [1.54, 1.807) is 48.3 Å². The van der Waals surface area contributed by atoms with Crippen LogP contribution in [-0.4, -0.2) is 112 Å². The molecule has 4 heterocycles. The maximum atomic E-state index is 14.1. The SMILES string of the molecule is CN(C)CCCOc1ccc2c(=O)n(CC3(O)CCN(C(=O)C(CCCNC(=O)c4ccc5c(Cl)c6c(nc5c4)CN(C)C6=O)Cc4ccccc4)CC3)cnc2c1. The van der Waals surface area contributed by atoms with Gasteiger partial charge in [-0.15, -0.1) is 0 Å². The Bertz CT molecular complexity index is 2380. The summed E-state index contributed by atoms with van der Waals surface area (Å²) in [4.78, 5) is 67.9. The van der Waals surface area contributed by atoms with Crippen molar-refractivity contribution in [2.75, 3.05) is 53.9 Å². The molecule has 0 saturated carbocycles. The van der Waals surface area contributed by atoms with Crippen LogP contribution < -0.4 is 15.6 Å². The molecule has 0 aliphatic carbocycles. The predicted molar refractivity (Wildman–Crippen MR) is 223 cm³/mol. The first-order chi connectivity index (χ1) is 27.9. The van der Waals surface area contributed by atoms with Crippen LogP contribution in [0, 0.1) is 5.92 Å². The van der Waals surface area contributed by atoms with Gasteiger partial charge in [0.05, 0.1) is 64.3 Å². The highest BCUT2D eigenvalue weighted by Gasteiger charge is 2.36. The summed E-state index contributed by atoms with van der Waals surface area (Å²) in [6.45, 7) is 2.99. The molecule has 1 fully saturated rings. The normalized spacial score (nSPS) is 15.6. The van der Waals surface area contributed by atoms with Crippen LogP contribution in [0.5, 0.6) is 5.75 Å². The van der Waals surface area contributed by atoms with E-state index in [9.17, 15) is 24.3 Å². The van der Waals surface area contributed by atoms with Crippen molar-refractivity contribution in [2.45, 2.75) is 57.2 Å². The number of nitrogens with one attached hydrogen (secondary N) is 1. The summed E-state index contributed by atoms with van der Waals surface area (Å²) in [6.07, 6.45) is 4.67. The number of benzene rings is 3. The molecule has 2 N–H and O–H groups in total. The van der Waals surface area contributed by atoms with Crippen molar-refractivity contribution in [3.05, 3.63) is 111 Å². The fourth-order valence-electron chi connectivity index (χ4n) is 7.88. The average molecular weight is 808 g/mol. The third-order valence-corrected chi connectivity index (χ3v) is 11.6. The molecular formula is C44H50ClN7O6. The fourth-order valence-corrected chi connectivity index (χ4v) is 8.23. The Hall–Kier alpha value is -5.37. The number of ether oxygens (including phenoxy) is 1. The Labute approximate surface area is 342 Å². The van der Waals surface area contributed by atoms with Gasteiger partial charge in [-0.25, -0.2) is 9.97 Å². The summed E-state index contributed by atoms with van der Waals surface area (Å²) in [5, 5.41) is 16.0. The zero-order valence-corrected chi connectivity index (χ0v) is 34.0. The molecule has 1 saturated heterocycles. The highest BCUT2D eigenvalue weighted by molar-refractivity contribution is 6.39. The molecule has 14 heteroatoms. The van der Waals surface area contributed by atoms with E-state index in [1.807, 2.05) is 49.3 Å². The third kappa shape index (κ3) is 9.17. The van der Waals surface area contributed by atoms with E-state index < -0.39 is 5.60 Å². The minimum absolute atomic E-state index is 0.00986. The number of likely N-dealkylation sites (tertiary alicyclic amines) is 1. The maximum Gasteiger partial charge on any atom is 0.261 e. The molecule has 5 aromatic rings. The van der Waals surface area contributed by atoms with Crippen molar-refractivity contribution in [1.82, 2.24) is 34.6 Å². The van der Waals surface area contributed by atoms with Crippen LogP contribution in [-0.2, 0) is 24.3 Å². The van der Waals surface area contributed by atoms with E-state index in [2.05, 4.69) is 20.2 Å². The number of nitrogens with zero attached hydrogens (tertiary/aromatic N) is 6. The van der Waals surface area contributed by atoms with Crippen molar-refractivity contribution in [2.24, 2.45) is 5.92 Å². The van der Waals surface area contributed by atoms with Crippen LogP contribution in [0.4, 0.5) is 0 Å². The second-order valence-electron chi connectivity index (χ2n) is 15.8. The van der Waals surface area contributed by atoms with Gasteiger partial charge in [0.25, 0.3) is 17.4 Å². The number of piperidine rings is 1. The van der Waals surface area contributed by atoms with E-state index in [0.29, 0.717) is 114 Å². The molecule has 0 spiro atoms. The monoisotopic (exact) mass is 807 g/mol. The number of carbonyl (C=O) groups excluding carboxylic acids is 3. The molecule has 13 nitrogen and oxygen atoms in total. The molecule has 1 unspecified atom stereocenters. The number of halogens is 1. The standard InChI is InChI=1S/C44H50ClN7O6/c1-49(2)19-8-22-58-32-13-15-34-35(25-32)47-28-52(42(34)55)27-44(57)16-20-51(21-17-44)41(54)31(23-29-9-5-4-6-10-29)11-7-18-46-40(53)30-12-14-33-36(24-30)48-37-26-50(3)43(56)38(37)39(33)45/h4-6,9-10,12-15,24-25,28,31,57H,7-8,11,16-23,26-27H2,1-3H3,(H,46,53). The lowest BCUT2D eigenvalue weighted by Gasteiger charge is -2.39. The topological polar surface area (TPSA) is 150 Å². The van der Waals surface area contributed by atoms with Crippen LogP contribution in [0.2, 0.25) is 5.02 Å². The number of aliphatic hydroxyl groups is 1. The molecule has 0 bridgehead atoms. The van der Waals surface area contributed by atoms with Gasteiger partial charge in [0.1, 0.15) is 5.75 Å². The molecule has 2 aliphatic rings. The van der Waals surface area contributed by atoms with E-state index in [-0.39, 0.29) is 35.7 Å². The van der Waals surface area contributed by atoms with Crippen molar-refractivity contribution in [3.63, 3.8) is 0 Å². The highest BCUT2D eigenvalue weighted by atomic mass is 35.5. The molecule has 3 amide bonds. The summed E-state index contributed by atoms with van der Waals surface area (Å²) in [6, 6.07) is 20.2. The van der Waals surface area contributed by atoms with Crippen molar-refractivity contribution < 1.29 is 24.2 Å². The lowest BCUT2D eigenvalue weighted by Crippen LogP contribution is -2.51. The van der Waals surface area contributed by atoms with E-state index in [0.717, 1.165) is 18.5 Å². The van der Waals surface area contributed by atoms with Crippen molar-refractivity contribution in [1.29, 1.82) is 0 Å². The first-order valence-corrected chi connectivity index (χ1v) is 20.2. The smallest absolute Gasteiger partial charge is 0.261 e. The predicted octanol–water partition coefficient (Wildman–Crippen LogP) is 4.94. The van der Waals surface area contributed by atoms with Gasteiger partial charge in [0.2, 0.25) is 5.91 Å². The second-order valence-corrected chi connectivity index (χ2v) is 16.2. The number of rotatable bonds is 15. The van der Waals surface area contributed by atoms with Gasteiger partial charge in [-0.3, -0.25) is 23.7 Å². The fraction of sp³-hybridized carbons (Fsp3) is 0.409. The lowest BCUT2D eigenvalue weighted by molar-refractivity contribution is -0.140. The van der Waals surface area contributed by atoms with Gasteiger partial charge in [0, 0.05) is 56.2 Å². The minimum atomic E-state index is -1.18. The summed E-state index contributed by atoms with van der Waals surface area (Å²) < 4.78 is 7.32. The first-order valence-electron chi connectivity index (χ1n) is 19.9. The van der Waals surface area contributed by atoms with Crippen LogP contribution in [0.1, 0.15) is 64.1 Å². The van der Waals surface area contributed by atoms with E-state index in [1.165, 1.54) is 10.9 Å². The summed E-state index contributed by atoms with van der Waals surface area (Å²) >= 11 is 6.59. The Morgan fingerprint density at radius 2 is 1.76 bits per heavy atom. The molecule has 58 heavy (non-hydrogen) atoms. The van der Waals surface area contributed by atoms with Crippen LogP contribution in [0.25, 0.3) is 21.8 Å². The number of amides is 3. The Morgan fingerprint density at radius 1 is 1.00 bits per heavy atom. The largest absolute Gasteiger partial charge is 0.493 e. The second kappa shape index (κ2) is 17.6. The van der Waals surface area contributed by atoms with Crippen molar-refractivity contribution in [3.8, 4) is 5.75 Å². The number of aromatic nitrogens is 3. The molecule has 7 rings (SSSR count). The zero-order valence-electron chi connectivity index (χ0n) is 33.2. The summed E-state index contributed by atoms with van der Waals surface area (Å²) in [7, 11) is 5.73. The quantitative estimate of drug-likeness (QED) is 0.140. The molecule has 1 atom stereocenters. The summed E-state index contributed by atoms with van der Waals surface area (Å²) in [5.41, 5.74) is 2.16. The van der Waals surface area contributed by atoms with Gasteiger partial charge < -0.3 is 29.9 Å². The number of carbonyl (C=O) groups is 3. The lowest BCUT2D eigenvalue weighted by atomic mass is 9.88. The highest BCUT2D eigenvalue weighted by Crippen LogP contribution is 2.34. The maximum absolute atomic E-state index is 14.1. The van der Waals surface area contributed by atoms with E-state index in [4.69, 9.17) is 16.3 Å². The van der Waals surface area contributed by atoms with Gasteiger partial charge >= 0.3 is 0 Å². The minimum Gasteiger partial charge on any atom is -0.493 e. The molecule has 304 valence electrons. The number of hydrogen-bond donors (Lipinski definition) is 2. The van der Waals surface area contributed by atoms with E-state index >= 15 is 0 Å². The molecule has 3 aromatic carbocycles. The van der Waals surface area contributed by atoms with Gasteiger partial charge in [-0.05, 0) is 82.4 Å². The first kappa shape index (κ1) is 40.8. The van der Waals surface area contributed by atoms with Gasteiger partial charge in [-0.2, -0.15) is 0 Å². The Balaban J connectivity index is 0.945. The Kier molecular flexibility index (Phi) is 12.4. The third-order valence-electron chi connectivity index (χ3n) is 11.2. The zero-order chi connectivity index (χ0) is 41.0. The Morgan fingerprint density at radius 3 is 2.52 bits per heavy atom. The number of pyridine rings is 1. The van der Waals surface area contributed by atoms with Crippen LogP contribution in [0.3, 0.4) is 0 Å².